The van der Waals surface area contributed by atoms with Gasteiger partial charge >= 0.3 is 0 Å². The lowest BCUT2D eigenvalue weighted by Gasteiger charge is -2.43. The van der Waals surface area contributed by atoms with Crippen LogP contribution in [0.1, 0.15) is 5.56 Å². The molecule has 0 saturated carbocycles. The second-order valence-electron chi connectivity index (χ2n) is 6.95. The zero-order chi connectivity index (χ0) is 19.2. The quantitative estimate of drug-likeness (QED) is 0.693. The number of amides is 1. The minimum absolute atomic E-state index is 0.0154. The highest BCUT2D eigenvalue weighted by Crippen LogP contribution is 2.33. The van der Waals surface area contributed by atoms with Gasteiger partial charge in [-0.15, -0.1) is 0 Å². The summed E-state index contributed by atoms with van der Waals surface area (Å²) in [4.78, 5) is 16.6. The first kappa shape index (κ1) is 18.9. The van der Waals surface area contributed by atoms with Crippen molar-refractivity contribution in [1.29, 1.82) is 0 Å². The summed E-state index contributed by atoms with van der Waals surface area (Å²) < 4.78 is 25.7. The molecule has 0 spiro atoms. The summed E-state index contributed by atoms with van der Waals surface area (Å²) in [6.07, 6.45) is 0. The zero-order valence-corrected chi connectivity index (χ0v) is 17.5. The van der Waals surface area contributed by atoms with Gasteiger partial charge < -0.3 is 4.90 Å². The number of carbonyl (C=O) groups is 1. The average molecular weight is 470 g/mol. The van der Waals surface area contributed by atoms with Gasteiger partial charge in [-0.2, -0.15) is 0 Å². The summed E-state index contributed by atoms with van der Waals surface area (Å²) in [5, 5.41) is 0.623. The fourth-order valence-electron chi connectivity index (χ4n) is 3.91. The number of sulfone groups is 1. The lowest BCUT2D eigenvalue weighted by atomic mass is 10.0. The number of fused-ring (bicyclic) bond motifs is 1. The smallest absolute Gasteiger partial charge is 0.241 e. The van der Waals surface area contributed by atoms with Gasteiger partial charge in [-0.3, -0.25) is 9.69 Å². The molecule has 2 unspecified atom stereocenters. The van der Waals surface area contributed by atoms with Crippen molar-refractivity contribution in [1.82, 2.24) is 4.90 Å². The van der Waals surface area contributed by atoms with Gasteiger partial charge in [0.15, 0.2) is 9.84 Å². The predicted octanol–water partition coefficient (Wildman–Crippen LogP) is 3.12. The van der Waals surface area contributed by atoms with Crippen molar-refractivity contribution in [2.24, 2.45) is 0 Å². The highest BCUT2D eigenvalue weighted by Gasteiger charge is 2.49. The maximum Gasteiger partial charge on any atom is 0.241 e. The van der Waals surface area contributed by atoms with Gasteiger partial charge in [0.1, 0.15) is 0 Å². The van der Waals surface area contributed by atoms with Crippen LogP contribution >= 0.6 is 27.5 Å². The molecule has 27 heavy (non-hydrogen) atoms. The molecule has 2 aromatic carbocycles. The molecule has 4 rings (SSSR count). The van der Waals surface area contributed by atoms with Gasteiger partial charge in [-0.25, -0.2) is 8.42 Å². The largest absolute Gasteiger partial charge is 0.306 e. The molecule has 1 amide bonds. The van der Waals surface area contributed by atoms with E-state index >= 15 is 0 Å². The van der Waals surface area contributed by atoms with E-state index in [-0.39, 0.29) is 36.0 Å². The number of benzene rings is 2. The zero-order valence-electron chi connectivity index (χ0n) is 14.4. The lowest BCUT2D eigenvalue weighted by Crippen LogP contribution is -2.61. The molecule has 2 fully saturated rings. The maximum atomic E-state index is 13.0. The highest BCUT2D eigenvalue weighted by atomic mass is 79.9. The van der Waals surface area contributed by atoms with E-state index in [4.69, 9.17) is 11.6 Å². The van der Waals surface area contributed by atoms with Crippen LogP contribution in [0.15, 0.2) is 53.0 Å². The van der Waals surface area contributed by atoms with Crippen LogP contribution in [0.4, 0.5) is 5.69 Å². The van der Waals surface area contributed by atoms with E-state index in [1.54, 1.807) is 11.0 Å². The second kappa shape index (κ2) is 7.20. The molecule has 2 aliphatic heterocycles. The molecule has 2 saturated heterocycles. The van der Waals surface area contributed by atoms with Crippen molar-refractivity contribution in [2.45, 2.75) is 18.6 Å². The first-order chi connectivity index (χ1) is 12.8. The molecule has 2 aliphatic rings. The monoisotopic (exact) mass is 468 g/mol. The van der Waals surface area contributed by atoms with Gasteiger partial charge in [-0.05, 0) is 35.9 Å². The Labute approximate surface area is 172 Å². The van der Waals surface area contributed by atoms with Gasteiger partial charge in [0.05, 0.1) is 24.1 Å². The van der Waals surface area contributed by atoms with Crippen molar-refractivity contribution in [2.75, 3.05) is 23.0 Å². The molecule has 5 nitrogen and oxygen atoms in total. The molecule has 2 atom stereocenters. The highest BCUT2D eigenvalue weighted by molar-refractivity contribution is 9.10. The van der Waals surface area contributed by atoms with Gasteiger partial charge in [0.2, 0.25) is 5.91 Å². The third kappa shape index (κ3) is 3.78. The fourth-order valence-corrected chi connectivity index (χ4v) is 6.35. The normalized spacial score (nSPS) is 24.8. The Morgan fingerprint density at radius 2 is 1.70 bits per heavy atom. The second-order valence-corrected chi connectivity index (χ2v) is 10.4. The number of piperazine rings is 1. The first-order valence-corrected chi connectivity index (χ1v) is 11.6. The molecule has 142 valence electrons. The Kier molecular flexibility index (Phi) is 5.05. The fraction of sp³-hybridized carbons (Fsp3) is 0.316. The number of nitrogens with zero attached hydrogens (tertiary/aromatic N) is 2. The minimum Gasteiger partial charge on any atom is -0.306 e. The third-order valence-corrected chi connectivity index (χ3v) is 7.73. The number of anilines is 1. The molecular weight excluding hydrogens is 452 g/mol. The molecule has 0 radical (unpaired) electrons. The van der Waals surface area contributed by atoms with E-state index in [0.717, 1.165) is 15.7 Å². The van der Waals surface area contributed by atoms with Crippen LogP contribution in [-0.2, 0) is 21.2 Å². The van der Waals surface area contributed by atoms with Gasteiger partial charge in [0.25, 0.3) is 0 Å². The van der Waals surface area contributed by atoms with Crippen LogP contribution in [0.5, 0.6) is 0 Å². The minimum atomic E-state index is -3.21. The Bertz CT molecular complexity index is 981. The van der Waals surface area contributed by atoms with Crippen molar-refractivity contribution in [3.63, 3.8) is 0 Å². The predicted molar refractivity (Wildman–Crippen MR) is 110 cm³/mol. The van der Waals surface area contributed by atoms with Crippen molar-refractivity contribution in [3.05, 3.63) is 63.6 Å². The first-order valence-electron chi connectivity index (χ1n) is 8.59. The Morgan fingerprint density at radius 3 is 2.41 bits per heavy atom. The summed E-state index contributed by atoms with van der Waals surface area (Å²) in [7, 11) is -3.21. The third-order valence-electron chi connectivity index (χ3n) is 5.14. The summed E-state index contributed by atoms with van der Waals surface area (Å²) in [6, 6.07) is 14.2. The van der Waals surface area contributed by atoms with Crippen LogP contribution in [-0.4, -0.2) is 49.4 Å². The SMILES string of the molecule is O=C1CN(Cc2ccccc2Cl)C2CS(=O)(=O)CC2N1c1ccc(Br)cc1. The molecular formula is C19H18BrClN2O3S. The van der Waals surface area contributed by atoms with Gasteiger partial charge in [-0.1, -0.05) is 45.7 Å². The van der Waals surface area contributed by atoms with Crippen LogP contribution < -0.4 is 4.90 Å². The molecule has 2 heterocycles. The molecule has 0 aromatic heterocycles. The number of rotatable bonds is 3. The topological polar surface area (TPSA) is 57.7 Å². The Morgan fingerprint density at radius 1 is 1.04 bits per heavy atom. The van der Waals surface area contributed by atoms with Crippen LogP contribution in [0.25, 0.3) is 0 Å². The molecule has 0 aliphatic carbocycles. The van der Waals surface area contributed by atoms with E-state index in [1.165, 1.54) is 0 Å². The molecule has 0 bridgehead atoms. The summed E-state index contributed by atoms with van der Waals surface area (Å²) in [5.74, 6) is -0.0521. The number of carbonyl (C=O) groups excluding carboxylic acids is 1. The van der Waals surface area contributed by atoms with Crippen LogP contribution in [0.3, 0.4) is 0 Å². The van der Waals surface area contributed by atoms with Crippen LogP contribution in [0.2, 0.25) is 5.02 Å². The number of hydrogen-bond donors (Lipinski definition) is 0. The summed E-state index contributed by atoms with van der Waals surface area (Å²) >= 11 is 9.67. The Balaban J connectivity index is 1.68. The summed E-state index contributed by atoms with van der Waals surface area (Å²) in [6.45, 7) is 0.619. The van der Waals surface area contributed by atoms with Crippen molar-refractivity contribution < 1.29 is 13.2 Å². The van der Waals surface area contributed by atoms with E-state index in [0.29, 0.717) is 11.6 Å². The average Bonchev–Trinajstić information content (AvgIpc) is 2.93. The lowest BCUT2D eigenvalue weighted by molar-refractivity contribution is -0.123. The van der Waals surface area contributed by atoms with Crippen molar-refractivity contribution >= 4 is 49.0 Å². The number of halogens is 2. The standard InChI is InChI=1S/C19H18BrClN2O3S/c20-14-5-7-15(8-6-14)23-18-12-27(25,26)11-17(18)22(10-19(23)24)9-13-3-1-2-4-16(13)21/h1-8,17-18H,9-12H2. The number of hydrogen-bond acceptors (Lipinski definition) is 4. The molecule has 8 heteroatoms. The van der Waals surface area contributed by atoms with Crippen molar-refractivity contribution in [3.8, 4) is 0 Å². The van der Waals surface area contributed by atoms with E-state index in [9.17, 15) is 13.2 Å². The molecule has 0 N–H and O–H groups in total. The van der Waals surface area contributed by atoms with Gasteiger partial charge in [0, 0.05) is 27.8 Å². The van der Waals surface area contributed by atoms with E-state index in [1.807, 2.05) is 47.4 Å². The van der Waals surface area contributed by atoms with E-state index < -0.39 is 9.84 Å². The van der Waals surface area contributed by atoms with Crippen LogP contribution in [0, 0.1) is 0 Å². The molecule has 2 aromatic rings. The van der Waals surface area contributed by atoms with E-state index in [2.05, 4.69) is 15.9 Å². The Hall–Kier alpha value is -1.41. The maximum absolute atomic E-state index is 13.0. The summed E-state index contributed by atoms with van der Waals surface area (Å²) in [5.41, 5.74) is 1.62.